The van der Waals surface area contributed by atoms with Crippen LogP contribution in [0.2, 0.25) is 0 Å². The zero-order chi connectivity index (χ0) is 16.5. The van der Waals surface area contributed by atoms with Gasteiger partial charge in [-0.15, -0.1) is 0 Å². The molecule has 4 rings (SSSR count). The average Bonchev–Trinajstić information content (AvgIpc) is 3.33. The minimum atomic E-state index is -0.118. The summed E-state index contributed by atoms with van der Waals surface area (Å²) in [4.78, 5) is 38.2. The van der Waals surface area contributed by atoms with E-state index in [0.717, 1.165) is 24.9 Å². The molecule has 0 bridgehead atoms. The normalized spacial score (nSPS) is 21.0. The van der Waals surface area contributed by atoms with Crippen LogP contribution in [0, 0.1) is 11.8 Å². The number of nitrogens with one attached hydrogen (secondary N) is 2. The van der Waals surface area contributed by atoms with E-state index < -0.39 is 0 Å². The third-order valence-electron chi connectivity index (χ3n) is 4.90. The third kappa shape index (κ3) is 2.98. The number of likely N-dealkylation sites (tertiary alicyclic amines) is 1. The molecular weight excluding hydrogens is 306 g/mol. The SMILES string of the molecule is O=C(NCC1CC1)C1CCCN(C(=O)c2cncc3[nH]cnc23)C1. The predicted octanol–water partition coefficient (Wildman–Crippen LogP) is 1.34. The predicted molar refractivity (Wildman–Crippen MR) is 88.2 cm³/mol. The molecule has 1 unspecified atom stereocenters. The Morgan fingerprint density at radius 1 is 1.29 bits per heavy atom. The maximum absolute atomic E-state index is 12.9. The summed E-state index contributed by atoms with van der Waals surface area (Å²) < 4.78 is 0. The van der Waals surface area contributed by atoms with Crippen LogP contribution in [0.25, 0.3) is 11.0 Å². The van der Waals surface area contributed by atoms with Crippen LogP contribution in [0.4, 0.5) is 0 Å². The monoisotopic (exact) mass is 327 g/mol. The van der Waals surface area contributed by atoms with Gasteiger partial charge in [0.05, 0.1) is 29.5 Å². The zero-order valence-electron chi connectivity index (χ0n) is 13.5. The van der Waals surface area contributed by atoms with E-state index in [1.807, 2.05) is 0 Å². The number of fused-ring (bicyclic) bond motifs is 1. The Balaban J connectivity index is 1.46. The Labute approximate surface area is 139 Å². The number of rotatable bonds is 4. The molecule has 7 nitrogen and oxygen atoms in total. The molecule has 2 aliphatic rings. The fourth-order valence-corrected chi connectivity index (χ4v) is 3.28. The van der Waals surface area contributed by atoms with Crippen LogP contribution in [-0.4, -0.2) is 51.3 Å². The maximum atomic E-state index is 12.9. The summed E-state index contributed by atoms with van der Waals surface area (Å²) in [6.07, 6.45) is 8.90. The molecule has 3 heterocycles. The second-order valence-electron chi connectivity index (χ2n) is 6.76. The number of aromatic amines is 1. The lowest BCUT2D eigenvalue weighted by Crippen LogP contribution is -2.45. The van der Waals surface area contributed by atoms with Gasteiger partial charge in [0.1, 0.15) is 5.52 Å². The van der Waals surface area contributed by atoms with E-state index in [0.29, 0.717) is 30.1 Å². The van der Waals surface area contributed by atoms with Crippen LogP contribution < -0.4 is 5.32 Å². The largest absolute Gasteiger partial charge is 0.356 e. The van der Waals surface area contributed by atoms with Crippen LogP contribution in [-0.2, 0) is 4.79 Å². The van der Waals surface area contributed by atoms with Crippen molar-refractivity contribution >= 4 is 22.8 Å². The fraction of sp³-hybridized carbons (Fsp3) is 0.529. The number of carbonyl (C=O) groups excluding carboxylic acids is 2. The minimum Gasteiger partial charge on any atom is -0.356 e. The molecule has 2 aromatic heterocycles. The molecule has 24 heavy (non-hydrogen) atoms. The first-order valence-corrected chi connectivity index (χ1v) is 8.56. The molecule has 1 aliphatic heterocycles. The van der Waals surface area contributed by atoms with E-state index in [1.54, 1.807) is 23.6 Å². The first kappa shape index (κ1) is 15.1. The van der Waals surface area contributed by atoms with Gasteiger partial charge in [-0.3, -0.25) is 14.6 Å². The number of amides is 2. The topological polar surface area (TPSA) is 91.0 Å². The molecular formula is C17H21N5O2. The van der Waals surface area contributed by atoms with Crippen molar-refractivity contribution in [3.8, 4) is 0 Å². The number of H-pyrrole nitrogens is 1. The Hall–Kier alpha value is -2.44. The maximum Gasteiger partial charge on any atom is 0.257 e. The smallest absolute Gasteiger partial charge is 0.257 e. The molecule has 2 fully saturated rings. The number of piperidine rings is 1. The van der Waals surface area contributed by atoms with Crippen molar-refractivity contribution in [2.45, 2.75) is 25.7 Å². The summed E-state index contributed by atoms with van der Waals surface area (Å²) in [6.45, 7) is 1.92. The molecule has 0 radical (unpaired) electrons. The molecule has 1 saturated heterocycles. The Bertz CT molecular complexity index is 767. The van der Waals surface area contributed by atoms with Gasteiger partial charge in [-0.1, -0.05) is 0 Å². The van der Waals surface area contributed by atoms with Crippen molar-refractivity contribution in [2.75, 3.05) is 19.6 Å². The lowest BCUT2D eigenvalue weighted by Gasteiger charge is -2.32. The first-order valence-electron chi connectivity index (χ1n) is 8.56. The molecule has 0 spiro atoms. The van der Waals surface area contributed by atoms with Crippen molar-refractivity contribution in [1.82, 2.24) is 25.2 Å². The van der Waals surface area contributed by atoms with Crippen LogP contribution >= 0.6 is 0 Å². The lowest BCUT2D eigenvalue weighted by molar-refractivity contribution is -0.126. The van der Waals surface area contributed by atoms with Crippen LogP contribution in [0.5, 0.6) is 0 Å². The van der Waals surface area contributed by atoms with E-state index in [-0.39, 0.29) is 17.7 Å². The molecule has 1 saturated carbocycles. The van der Waals surface area contributed by atoms with Gasteiger partial charge in [-0.05, 0) is 31.6 Å². The summed E-state index contributed by atoms with van der Waals surface area (Å²) >= 11 is 0. The van der Waals surface area contributed by atoms with Gasteiger partial charge in [0.25, 0.3) is 5.91 Å². The number of hydrogen-bond acceptors (Lipinski definition) is 4. The zero-order valence-corrected chi connectivity index (χ0v) is 13.5. The molecule has 2 aromatic rings. The molecule has 2 amide bonds. The van der Waals surface area contributed by atoms with Gasteiger partial charge < -0.3 is 15.2 Å². The van der Waals surface area contributed by atoms with Crippen molar-refractivity contribution < 1.29 is 9.59 Å². The number of carbonyl (C=O) groups is 2. The molecule has 126 valence electrons. The molecule has 2 N–H and O–H groups in total. The number of imidazole rings is 1. The summed E-state index contributed by atoms with van der Waals surface area (Å²) in [5.41, 5.74) is 1.87. The third-order valence-corrected chi connectivity index (χ3v) is 4.90. The molecule has 7 heteroatoms. The van der Waals surface area contributed by atoms with Crippen molar-refractivity contribution in [2.24, 2.45) is 11.8 Å². The Kier molecular flexibility index (Phi) is 3.92. The highest BCUT2D eigenvalue weighted by atomic mass is 16.2. The van der Waals surface area contributed by atoms with E-state index in [1.165, 1.54) is 12.8 Å². The van der Waals surface area contributed by atoms with Crippen LogP contribution in [0.15, 0.2) is 18.7 Å². The summed E-state index contributed by atoms with van der Waals surface area (Å²) in [5.74, 6) is 0.529. The van der Waals surface area contributed by atoms with Crippen LogP contribution in [0.1, 0.15) is 36.0 Å². The first-order chi connectivity index (χ1) is 11.7. The van der Waals surface area contributed by atoms with Gasteiger partial charge in [0.2, 0.25) is 5.91 Å². The van der Waals surface area contributed by atoms with E-state index >= 15 is 0 Å². The molecule has 1 atom stereocenters. The standard InChI is InChI=1S/C17H21N5O2/c23-16(19-6-11-3-4-11)12-2-1-5-22(9-12)17(24)13-7-18-8-14-15(13)21-10-20-14/h7-8,10-12H,1-6,9H2,(H,19,23)(H,20,21). The molecule has 0 aromatic carbocycles. The average molecular weight is 327 g/mol. The number of nitrogens with zero attached hydrogens (tertiary/aromatic N) is 3. The summed E-state index contributed by atoms with van der Waals surface area (Å²) in [7, 11) is 0. The second kappa shape index (κ2) is 6.22. The lowest BCUT2D eigenvalue weighted by atomic mass is 9.96. The number of pyridine rings is 1. The van der Waals surface area contributed by atoms with Gasteiger partial charge in [0, 0.05) is 25.8 Å². The second-order valence-corrected chi connectivity index (χ2v) is 6.76. The van der Waals surface area contributed by atoms with Crippen molar-refractivity contribution in [1.29, 1.82) is 0 Å². The summed E-state index contributed by atoms with van der Waals surface area (Å²) in [5, 5.41) is 3.03. The Morgan fingerprint density at radius 2 is 2.17 bits per heavy atom. The minimum absolute atomic E-state index is 0.0792. The van der Waals surface area contributed by atoms with Gasteiger partial charge in [0.15, 0.2) is 0 Å². The van der Waals surface area contributed by atoms with E-state index in [2.05, 4.69) is 20.3 Å². The van der Waals surface area contributed by atoms with Crippen LogP contribution in [0.3, 0.4) is 0 Å². The van der Waals surface area contributed by atoms with Gasteiger partial charge >= 0.3 is 0 Å². The summed E-state index contributed by atoms with van der Waals surface area (Å²) in [6, 6.07) is 0. The van der Waals surface area contributed by atoms with Crippen molar-refractivity contribution in [3.63, 3.8) is 0 Å². The highest BCUT2D eigenvalue weighted by Gasteiger charge is 2.31. The highest BCUT2D eigenvalue weighted by molar-refractivity contribution is 6.04. The van der Waals surface area contributed by atoms with Gasteiger partial charge in [-0.25, -0.2) is 4.98 Å². The molecule has 1 aliphatic carbocycles. The highest BCUT2D eigenvalue weighted by Crippen LogP contribution is 2.28. The number of aromatic nitrogens is 3. The van der Waals surface area contributed by atoms with Gasteiger partial charge in [-0.2, -0.15) is 0 Å². The van der Waals surface area contributed by atoms with Crippen molar-refractivity contribution in [3.05, 3.63) is 24.3 Å². The quantitative estimate of drug-likeness (QED) is 0.886. The van der Waals surface area contributed by atoms with E-state index in [4.69, 9.17) is 0 Å². The Morgan fingerprint density at radius 3 is 3.00 bits per heavy atom. The van der Waals surface area contributed by atoms with E-state index in [9.17, 15) is 9.59 Å². The number of hydrogen-bond donors (Lipinski definition) is 2. The fourth-order valence-electron chi connectivity index (χ4n) is 3.28.